The fourth-order valence-corrected chi connectivity index (χ4v) is 1.91. The van der Waals surface area contributed by atoms with Crippen LogP contribution in [0.1, 0.15) is 18.9 Å². The number of aryl methyl sites for hydroxylation is 1. The second-order valence-electron chi connectivity index (χ2n) is 4.00. The lowest BCUT2D eigenvalue weighted by molar-refractivity contribution is 0.831. The number of rotatable bonds is 2. The van der Waals surface area contributed by atoms with E-state index < -0.39 is 0 Å². The lowest BCUT2D eigenvalue weighted by Crippen LogP contribution is -2.15. The Morgan fingerprint density at radius 2 is 2.33 bits per heavy atom. The van der Waals surface area contributed by atoms with Gasteiger partial charge in [-0.2, -0.15) is 0 Å². The largest absolute Gasteiger partial charge is 0.397 e. The van der Waals surface area contributed by atoms with Crippen molar-refractivity contribution in [2.45, 2.75) is 19.8 Å². The smallest absolute Gasteiger partial charge is 0.0853 e. The van der Waals surface area contributed by atoms with Crippen LogP contribution >= 0.6 is 0 Å². The van der Waals surface area contributed by atoms with Crippen LogP contribution in [0.3, 0.4) is 0 Å². The maximum Gasteiger partial charge on any atom is 0.0853 e. The van der Waals surface area contributed by atoms with Crippen LogP contribution in [0.15, 0.2) is 24.4 Å². The molecule has 0 fully saturated rings. The average Bonchev–Trinajstić information content (AvgIpc) is 2.22. The van der Waals surface area contributed by atoms with E-state index in [1.807, 2.05) is 13.0 Å². The van der Waals surface area contributed by atoms with E-state index in [0.29, 0.717) is 0 Å². The Morgan fingerprint density at radius 3 is 3.07 bits per heavy atom. The summed E-state index contributed by atoms with van der Waals surface area (Å²) >= 11 is 0. The number of nitrogens with two attached hydrogens (primary N) is 1. The van der Waals surface area contributed by atoms with Crippen molar-refractivity contribution < 1.29 is 0 Å². The van der Waals surface area contributed by atoms with Gasteiger partial charge in [-0.1, -0.05) is 12.6 Å². The summed E-state index contributed by atoms with van der Waals surface area (Å²) in [6, 6.07) is 4.05. The molecule has 0 amide bonds. The van der Waals surface area contributed by atoms with Gasteiger partial charge in [0.15, 0.2) is 0 Å². The predicted octanol–water partition coefficient (Wildman–Crippen LogP) is 2.57. The first kappa shape index (κ1) is 9.90. The van der Waals surface area contributed by atoms with Gasteiger partial charge in [-0.25, -0.2) is 0 Å². The zero-order valence-corrected chi connectivity index (χ0v) is 9.06. The summed E-state index contributed by atoms with van der Waals surface area (Å²) in [7, 11) is 0. The third kappa shape index (κ3) is 1.91. The molecule has 0 aliphatic carbocycles. The van der Waals surface area contributed by atoms with Gasteiger partial charge in [-0.3, -0.25) is 0 Å². The third-order valence-electron chi connectivity index (χ3n) is 2.59. The van der Waals surface area contributed by atoms with Crippen molar-refractivity contribution in [3.05, 3.63) is 30.0 Å². The van der Waals surface area contributed by atoms with E-state index in [-0.39, 0.29) is 0 Å². The molecular weight excluding hydrogens is 186 g/mol. The van der Waals surface area contributed by atoms with Crippen molar-refractivity contribution >= 4 is 17.1 Å². The molecule has 0 aromatic heterocycles. The summed E-state index contributed by atoms with van der Waals surface area (Å²) in [5.41, 5.74) is 11.1. The Bertz CT molecular complexity index is 396. The zero-order valence-electron chi connectivity index (χ0n) is 9.06. The normalized spacial score (nSPS) is 13.9. The molecule has 1 aliphatic rings. The number of anilines is 3. The highest BCUT2D eigenvalue weighted by atomic mass is 15.0. The van der Waals surface area contributed by atoms with Crippen molar-refractivity contribution in [1.82, 2.24) is 0 Å². The number of hydrogen-bond donors (Lipinski definition) is 3. The van der Waals surface area contributed by atoms with Crippen LogP contribution in [0, 0.1) is 0 Å². The van der Waals surface area contributed by atoms with Crippen LogP contribution in [0.25, 0.3) is 0 Å². The second kappa shape index (κ2) is 3.85. The standard InChI is InChI=1S/C12H17N3/c1-8(2)15-12-10(13)6-5-9-4-3-7-14-11(9)12/h5-6,14-15H,1,3-4,7,13H2,2H3. The molecule has 0 atom stereocenters. The maximum atomic E-state index is 5.95. The number of nitrogen functional groups attached to an aromatic ring is 1. The molecule has 4 N–H and O–H groups in total. The summed E-state index contributed by atoms with van der Waals surface area (Å²) in [5, 5.41) is 6.61. The molecule has 15 heavy (non-hydrogen) atoms. The fourth-order valence-electron chi connectivity index (χ4n) is 1.91. The lowest BCUT2D eigenvalue weighted by Gasteiger charge is -2.23. The van der Waals surface area contributed by atoms with Crippen molar-refractivity contribution in [1.29, 1.82) is 0 Å². The topological polar surface area (TPSA) is 50.1 Å². The first-order valence-electron chi connectivity index (χ1n) is 5.26. The van der Waals surface area contributed by atoms with E-state index in [2.05, 4.69) is 23.3 Å². The van der Waals surface area contributed by atoms with Crippen LogP contribution in [0.2, 0.25) is 0 Å². The summed E-state index contributed by atoms with van der Waals surface area (Å²) in [4.78, 5) is 0. The van der Waals surface area contributed by atoms with Crippen molar-refractivity contribution in [2.75, 3.05) is 22.9 Å². The highest BCUT2D eigenvalue weighted by Gasteiger charge is 2.14. The number of allylic oxidation sites excluding steroid dienone is 1. The van der Waals surface area contributed by atoms with Gasteiger partial charge in [-0.05, 0) is 31.4 Å². The molecule has 1 aromatic rings. The average molecular weight is 203 g/mol. The third-order valence-corrected chi connectivity index (χ3v) is 2.59. The zero-order chi connectivity index (χ0) is 10.8. The molecular formula is C12H17N3. The number of nitrogens with one attached hydrogen (secondary N) is 2. The Hall–Kier alpha value is -1.64. The van der Waals surface area contributed by atoms with Gasteiger partial charge in [0.25, 0.3) is 0 Å². The fraction of sp³-hybridized carbons (Fsp3) is 0.333. The van der Waals surface area contributed by atoms with E-state index >= 15 is 0 Å². The first-order chi connectivity index (χ1) is 7.18. The van der Waals surface area contributed by atoms with Gasteiger partial charge < -0.3 is 16.4 Å². The minimum absolute atomic E-state index is 0.770. The van der Waals surface area contributed by atoms with Crippen LogP contribution in [0.5, 0.6) is 0 Å². The van der Waals surface area contributed by atoms with Crippen molar-refractivity contribution in [3.63, 3.8) is 0 Å². The molecule has 0 radical (unpaired) electrons. The van der Waals surface area contributed by atoms with E-state index in [9.17, 15) is 0 Å². The molecule has 3 nitrogen and oxygen atoms in total. The number of benzene rings is 1. The summed E-state index contributed by atoms with van der Waals surface area (Å²) in [6.07, 6.45) is 2.30. The summed E-state index contributed by atoms with van der Waals surface area (Å²) in [6.45, 7) is 6.79. The van der Waals surface area contributed by atoms with E-state index in [1.54, 1.807) is 0 Å². The van der Waals surface area contributed by atoms with E-state index in [1.165, 1.54) is 12.0 Å². The van der Waals surface area contributed by atoms with Gasteiger partial charge in [0.05, 0.1) is 17.1 Å². The summed E-state index contributed by atoms with van der Waals surface area (Å²) < 4.78 is 0. The van der Waals surface area contributed by atoms with Gasteiger partial charge >= 0.3 is 0 Å². The molecule has 2 rings (SSSR count). The highest BCUT2D eigenvalue weighted by Crippen LogP contribution is 2.35. The van der Waals surface area contributed by atoms with Gasteiger partial charge in [0.2, 0.25) is 0 Å². The molecule has 80 valence electrons. The molecule has 1 aliphatic heterocycles. The highest BCUT2D eigenvalue weighted by molar-refractivity contribution is 5.85. The monoisotopic (exact) mass is 203 g/mol. The molecule has 0 saturated heterocycles. The van der Waals surface area contributed by atoms with Crippen molar-refractivity contribution in [3.8, 4) is 0 Å². The minimum Gasteiger partial charge on any atom is -0.397 e. The van der Waals surface area contributed by atoms with Crippen LogP contribution in [0.4, 0.5) is 17.1 Å². The number of hydrogen-bond acceptors (Lipinski definition) is 3. The van der Waals surface area contributed by atoms with Crippen LogP contribution in [-0.2, 0) is 6.42 Å². The molecule has 0 bridgehead atoms. The Morgan fingerprint density at radius 1 is 1.53 bits per heavy atom. The van der Waals surface area contributed by atoms with Crippen molar-refractivity contribution in [2.24, 2.45) is 0 Å². The lowest BCUT2D eigenvalue weighted by atomic mass is 10.0. The first-order valence-corrected chi connectivity index (χ1v) is 5.26. The quantitative estimate of drug-likeness (QED) is 0.647. The van der Waals surface area contributed by atoms with Gasteiger partial charge in [0, 0.05) is 12.2 Å². The molecule has 1 aromatic carbocycles. The maximum absolute atomic E-state index is 5.95. The Balaban J connectivity index is 2.45. The number of fused-ring (bicyclic) bond motifs is 1. The minimum atomic E-state index is 0.770. The molecule has 1 heterocycles. The Labute approximate surface area is 90.4 Å². The molecule has 3 heteroatoms. The molecule has 0 saturated carbocycles. The molecule has 0 unspecified atom stereocenters. The summed E-state index contributed by atoms with van der Waals surface area (Å²) in [5.74, 6) is 0. The van der Waals surface area contributed by atoms with E-state index in [0.717, 1.165) is 35.7 Å². The van der Waals surface area contributed by atoms with Crippen LogP contribution < -0.4 is 16.4 Å². The Kier molecular flexibility index (Phi) is 2.54. The van der Waals surface area contributed by atoms with Gasteiger partial charge in [-0.15, -0.1) is 0 Å². The van der Waals surface area contributed by atoms with E-state index in [4.69, 9.17) is 5.73 Å². The predicted molar refractivity (Wildman–Crippen MR) is 66.1 cm³/mol. The van der Waals surface area contributed by atoms with Crippen LogP contribution in [-0.4, -0.2) is 6.54 Å². The molecule has 0 spiro atoms. The SMILES string of the molecule is C=C(C)Nc1c(N)ccc2c1NCCC2. The second-order valence-corrected chi connectivity index (χ2v) is 4.00. The van der Waals surface area contributed by atoms with Gasteiger partial charge in [0.1, 0.15) is 0 Å².